The van der Waals surface area contributed by atoms with Crippen LogP contribution in [0.4, 0.5) is 4.39 Å². The number of amides is 2. The van der Waals surface area contributed by atoms with E-state index < -0.39 is 30.1 Å². The maximum absolute atomic E-state index is 13.9. The van der Waals surface area contributed by atoms with Crippen molar-refractivity contribution in [3.05, 3.63) is 113 Å². The third-order valence-electron chi connectivity index (χ3n) is 7.43. The number of carbonyl (C=O) groups excluding carboxylic acids is 2. The monoisotopic (exact) mass is 669 g/mol. The topological polar surface area (TPSA) is 147 Å². The molecule has 0 aliphatic rings. The van der Waals surface area contributed by atoms with Crippen molar-refractivity contribution in [2.75, 3.05) is 0 Å². The predicted molar refractivity (Wildman–Crippen MR) is 181 cm³/mol. The maximum atomic E-state index is 13.9. The van der Waals surface area contributed by atoms with Gasteiger partial charge in [-0.25, -0.2) is 19.3 Å². The van der Waals surface area contributed by atoms with Crippen molar-refractivity contribution in [1.82, 2.24) is 25.6 Å². The summed E-state index contributed by atoms with van der Waals surface area (Å²) in [4.78, 5) is 41.1. The molecule has 0 unspecified atom stereocenters. The summed E-state index contributed by atoms with van der Waals surface area (Å²) in [6.07, 6.45) is 3.35. The number of hydrogen-bond donors (Lipinski definition) is 4. The zero-order valence-corrected chi connectivity index (χ0v) is 27.7. The number of halogens is 1. The van der Waals surface area contributed by atoms with E-state index in [1.54, 1.807) is 48.9 Å². The van der Waals surface area contributed by atoms with Crippen LogP contribution in [0.3, 0.4) is 0 Å². The number of aliphatic hydroxyl groups is 2. The second-order valence-corrected chi connectivity index (χ2v) is 13.3. The highest BCUT2D eigenvalue weighted by Gasteiger charge is 2.26. The van der Waals surface area contributed by atoms with Gasteiger partial charge in [-0.15, -0.1) is 11.3 Å². The second kappa shape index (κ2) is 14.8. The van der Waals surface area contributed by atoms with Crippen LogP contribution in [-0.4, -0.2) is 55.4 Å². The average Bonchev–Trinajstić information content (AvgIpc) is 3.58. The van der Waals surface area contributed by atoms with Gasteiger partial charge in [0.2, 0.25) is 11.8 Å². The van der Waals surface area contributed by atoms with Crippen molar-refractivity contribution in [2.45, 2.75) is 57.9 Å². The normalized spacial score (nSPS) is 12.8. The Balaban J connectivity index is 1.26. The fraction of sp³-hybridized carbons (Fsp3) is 0.250. The highest BCUT2D eigenvalue weighted by atomic mass is 32.1. The Morgan fingerprint density at radius 2 is 1.52 bits per heavy atom. The van der Waals surface area contributed by atoms with Crippen LogP contribution in [0.15, 0.2) is 91.4 Å². The number of benzene rings is 2. The molecule has 0 aliphatic carbocycles. The molecular weight excluding hydrogens is 633 g/mol. The molecule has 2 atom stereocenters. The number of nitrogens with zero attached hydrogens (tertiary/aromatic N) is 3. The smallest absolute Gasteiger partial charge is 0.262 e. The van der Waals surface area contributed by atoms with Crippen LogP contribution >= 0.6 is 11.3 Å². The summed E-state index contributed by atoms with van der Waals surface area (Å²) in [7, 11) is 0. The van der Waals surface area contributed by atoms with Crippen molar-refractivity contribution in [3.8, 4) is 34.1 Å². The predicted octanol–water partition coefficient (Wildman–Crippen LogP) is 5.65. The maximum Gasteiger partial charge on any atom is 0.262 e. The minimum absolute atomic E-state index is 0.0872. The van der Waals surface area contributed by atoms with Gasteiger partial charge < -0.3 is 25.6 Å². The fourth-order valence-electron chi connectivity index (χ4n) is 4.60. The van der Waals surface area contributed by atoms with E-state index in [2.05, 4.69) is 46.4 Å². The molecule has 2 aromatic carbocycles. The zero-order valence-electron chi connectivity index (χ0n) is 26.8. The number of pyridine rings is 1. The molecule has 0 aliphatic heterocycles. The average molecular weight is 670 g/mol. The third-order valence-corrected chi connectivity index (χ3v) is 8.94. The number of ether oxygens (including phenoxy) is 1. The van der Waals surface area contributed by atoms with Gasteiger partial charge in [0.05, 0.1) is 10.9 Å². The van der Waals surface area contributed by atoms with Gasteiger partial charge in [-0.3, -0.25) is 9.59 Å². The van der Waals surface area contributed by atoms with E-state index in [0.717, 1.165) is 27.1 Å². The molecule has 5 rings (SSSR count). The largest absolute Gasteiger partial charge is 0.436 e. The number of aromatic nitrogens is 3. The van der Waals surface area contributed by atoms with Gasteiger partial charge >= 0.3 is 0 Å². The molecule has 0 saturated carbocycles. The van der Waals surface area contributed by atoms with E-state index >= 15 is 0 Å². The Hall–Kier alpha value is -5.04. The Morgan fingerprint density at radius 1 is 0.854 bits per heavy atom. The van der Waals surface area contributed by atoms with Gasteiger partial charge in [0.1, 0.15) is 6.04 Å². The number of hydrogen-bond acceptors (Lipinski definition) is 9. The molecule has 10 nitrogen and oxygen atoms in total. The summed E-state index contributed by atoms with van der Waals surface area (Å²) in [5, 5.41) is 24.4. The molecule has 48 heavy (non-hydrogen) atoms. The molecule has 3 aromatic heterocycles. The molecule has 0 bridgehead atoms. The molecule has 4 N–H and O–H groups in total. The molecule has 0 saturated heterocycles. The van der Waals surface area contributed by atoms with Gasteiger partial charge in [0.15, 0.2) is 23.7 Å². The van der Waals surface area contributed by atoms with Crippen LogP contribution in [0.5, 0.6) is 11.6 Å². The molecule has 0 radical (unpaired) electrons. The van der Waals surface area contributed by atoms with Gasteiger partial charge in [-0.1, -0.05) is 57.2 Å². The summed E-state index contributed by atoms with van der Waals surface area (Å²) in [5.41, 5.74) is 2.87. The first-order chi connectivity index (χ1) is 22.9. The summed E-state index contributed by atoms with van der Waals surface area (Å²) < 4.78 is 19.4. The van der Waals surface area contributed by atoms with E-state index in [1.165, 1.54) is 30.4 Å². The van der Waals surface area contributed by atoms with Crippen LogP contribution in [0, 0.1) is 5.82 Å². The first-order valence-electron chi connectivity index (χ1n) is 15.3. The van der Waals surface area contributed by atoms with Gasteiger partial charge in [-0.05, 0) is 48.2 Å². The molecule has 248 valence electrons. The molecule has 12 heteroatoms. The van der Waals surface area contributed by atoms with Crippen LogP contribution in [-0.2, 0) is 16.6 Å². The minimum atomic E-state index is -1.75. The number of aliphatic hydroxyl groups excluding tert-OH is 1. The number of rotatable bonds is 11. The zero-order chi connectivity index (χ0) is 34.4. The van der Waals surface area contributed by atoms with E-state index in [4.69, 9.17) is 4.74 Å². The van der Waals surface area contributed by atoms with Crippen LogP contribution < -0.4 is 15.4 Å². The van der Waals surface area contributed by atoms with Gasteiger partial charge in [0.25, 0.3) is 5.91 Å². The first kappa shape index (κ1) is 34.3. The lowest BCUT2D eigenvalue weighted by Gasteiger charge is -2.22. The van der Waals surface area contributed by atoms with E-state index in [0.29, 0.717) is 10.7 Å². The Labute approximate surface area is 281 Å². The lowest BCUT2D eigenvalue weighted by atomic mass is 9.95. The molecule has 2 amide bonds. The summed E-state index contributed by atoms with van der Waals surface area (Å²) >= 11 is 1.37. The number of carbonyl (C=O) groups is 2. The molecular formula is C36H36FN5O5S. The van der Waals surface area contributed by atoms with Crippen molar-refractivity contribution >= 4 is 23.2 Å². The fourth-order valence-corrected chi connectivity index (χ4v) is 5.57. The van der Waals surface area contributed by atoms with Gasteiger partial charge in [0, 0.05) is 52.6 Å². The minimum Gasteiger partial charge on any atom is -0.436 e. The van der Waals surface area contributed by atoms with E-state index in [-0.39, 0.29) is 29.4 Å². The molecule has 3 heterocycles. The van der Waals surface area contributed by atoms with Crippen LogP contribution in [0.25, 0.3) is 22.5 Å². The first-order valence-corrected chi connectivity index (χ1v) is 16.1. The van der Waals surface area contributed by atoms with Crippen LogP contribution in [0.2, 0.25) is 0 Å². The second-order valence-electron chi connectivity index (χ2n) is 12.3. The lowest BCUT2D eigenvalue weighted by molar-refractivity contribution is -0.128. The Kier molecular flexibility index (Phi) is 10.6. The van der Waals surface area contributed by atoms with Crippen molar-refractivity contribution in [2.24, 2.45) is 0 Å². The number of thiophene rings is 1. The number of nitrogens with one attached hydrogen (secondary N) is 2. The van der Waals surface area contributed by atoms with Crippen LogP contribution in [0.1, 0.15) is 47.8 Å². The molecule has 0 spiro atoms. The summed E-state index contributed by atoms with van der Waals surface area (Å²) in [6, 6.07) is 18.6. The summed E-state index contributed by atoms with van der Waals surface area (Å²) in [6.45, 7) is 7.65. The quantitative estimate of drug-likeness (QED) is 0.132. The number of para-hydroxylation sites is 1. The van der Waals surface area contributed by atoms with Crippen molar-refractivity contribution < 1.29 is 28.9 Å². The summed E-state index contributed by atoms with van der Waals surface area (Å²) in [5.74, 6) is -0.582. The van der Waals surface area contributed by atoms with Crippen molar-refractivity contribution in [3.63, 3.8) is 0 Å². The molecule has 0 fully saturated rings. The lowest BCUT2D eigenvalue weighted by Crippen LogP contribution is -2.52. The van der Waals surface area contributed by atoms with Gasteiger partial charge in [-0.2, -0.15) is 0 Å². The third kappa shape index (κ3) is 8.65. The highest BCUT2D eigenvalue weighted by Crippen LogP contribution is 2.30. The highest BCUT2D eigenvalue weighted by molar-refractivity contribution is 7.14. The van der Waals surface area contributed by atoms with Crippen molar-refractivity contribution in [1.29, 1.82) is 0 Å². The van der Waals surface area contributed by atoms with E-state index in [1.807, 2.05) is 30.3 Å². The Morgan fingerprint density at radius 3 is 2.12 bits per heavy atom. The van der Waals surface area contributed by atoms with E-state index in [9.17, 15) is 24.2 Å². The standard InChI is InChI=1S/C36H36FN5O5S/c1-21(35(45)46)41-33(43)27(42-34(44)29-14-15-30(48-29)36(2,3)4)17-22-9-11-23(12-10-22)32-39-19-25(20-40-32)24-13-16-31(38-18-24)47-28-8-6-5-7-26(28)37/h5-16,18-21,27,35,45-46H,17H2,1-4H3,(H,41,43)(H,42,44)/t21-,27+/m1/s1. The molecule has 5 aromatic rings. The SMILES string of the molecule is C[C@@H](NC(=O)[C@H](Cc1ccc(-c2ncc(-c3ccc(Oc4ccccc4F)nc3)cn2)cc1)NC(=O)c1ccc(C(C)(C)C)s1)C(O)O. The Bertz CT molecular complexity index is 1860.